The predicted molar refractivity (Wildman–Crippen MR) is 89.6 cm³/mol. The second-order valence-corrected chi connectivity index (χ2v) is 5.50. The minimum absolute atomic E-state index is 0.0425. The van der Waals surface area contributed by atoms with Crippen LogP contribution in [-0.4, -0.2) is 31.6 Å². The number of carboxylic acids is 1. The minimum atomic E-state index is -0.800. The van der Waals surface area contributed by atoms with Gasteiger partial charge in [-0.3, -0.25) is 14.0 Å². The third-order valence-electron chi connectivity index (χ3n) is 3.91. The van der Waals surface area contributed by atoms with Crippen LogP contribution in [0.25, 0.3) is 16.7 Å². The molecular formula is C17H19N3O4. The van der Waals surface area contributed by atoms with Gasteiger partial charge in [0.15, 0.2) is 5.65 Å². The number of aryl methyl sites for hydroxylation is 1. The summed E-state index contributed by atoms with van der Waals surface area (Å²) in [5.41, 5.74) is 1.96. The first-order valence-electron chi connectivity index (χ1n) is 7.97. The maximum Gasteiger partial charge on any atom is 0.303 e. The third-order valence-corrected chi connectivity index (χ3v) is 3.91. The highest BCUT2D eigenvalue weighted by atomic mass is 16.5. The van der Waals surface area contributed by atoms with Crippen molar-refractivity contribution in [1.82, 2.24) is 14.0 Å². The Kier molecular flexibility index (Phi) is 4.50. The molecule has 0 saturated heterocycles. The number of unbranched alkanes of at least 4 members (excludes halogenated alkanes) is 1. The quantitative estimate of drug-likeness (QED) is 0.672. The van der Waals surface area contributed by atoms with Crippen molar-refractivity contribution in [3.05, 3.63) is 40.8 Å². The van der Waals surface area contributed by atoms with Crippen molar-refractivity contribution in [2.75, 3.05) is 6.61 Å². The van der Waals surface area contributed by atoms with E-state index in [0.29, 0.717) is 43.0 Å². The van der Waals surface area contributed by atoms with Gasteiger partial charge < -0.3 is 14.4 Å². The van der Waals surface area contributed by atoms with Gasteiger partial charge in [-0.15, -0.1) is 0 Å². The number of fused-ring (bicyclic) bond motifs is 3. The van der Waals surface area contributed by atoms with Gasteiger partial charge in [0, 0.05) is 25.2 Å². The van der Waals surface area contributed by atoms with Gasteiger partial charge in [0.25, 0.3) is 5.56 Å². The zero-order chi connectivity index (χ0) is 17.1. The summed E-state index contributed by atoms with van der Waals surface area (Å²) in [5.74, 6) is -0.333. The summed E-state index contributed by atoms with van der Waals surface area (Å²) in [5, 5.41) is 8.62. The van der Waals surface area contributed by atoms with Gasteiger partial charge in [0.1, 0.15) is 5.52 Å². The van der Waals surface area contributed by atoms with E-state index in [-0.39, 0.29) is 12.0 Å². The molecule has 3 aromatic rings. The van der Waals surface area contributed by atoms with E-state index in [4.69, 9.17) is 9.84 Å². The van der Waals surface area contributed by atoms with Crippen LogP contribution < -0.4 is 10.3 Å². The number of aliphatic carboxylic acids is 1. The fraction of sp³-hybridized carbons (Fsp3) is 0.353. The fourth-order valence-electron chi connectivity index (χ4n) is 2.75. The maximum atomic E-state index is 12.5. The van der Waals surface area contributed by atoms with E-state index in [1.807, 2.05) is 25.3 Å². The molecule has 0 fully saturated rings. The second-order valence-electron chi connectivity index (χ2n) is 5.50. The Balaban J connectivity index is 1.89. The molecule has 3 rings (SSSR count). The lowest BCUT2D eigenvalue weighted by molar-refractivity contribution is -0.137. The first-order valence-corrected chi connectivity index (χ1v) is 7.97. The molecule has 1 N–H and O–H groups in total. The van der Waals surface area contributed by atoms with Gasteiger partial charge in [0.2, 0.25) is 5.88 Å². The Morgan fingerprint density at radius 3 is 2.83 bits per heavy atom. The number of hydrogen-bond donors (Lipinski definition) is 1. The lowest BCUT2D eigenvalue weighted by Crippen LogP contribution is -2.22. The Bertz CT molecular complexity index is 942. The molecule has 0 radical (unpaired) electrons. The summed E-state index contributed by atoms with van der Waals surface area (Å²) in [6.07, 6.45) is 3.17. The first kappa shape index (κ1) is 16.0. The molecule has 0 amide bonds. The first-order chi connectivity index (χ1) is 11.6. The molecule has 3 aromatic heterocycles. The number of carbonyl (C=O) groups is 1. The van der Waals surface area contributed by atoms with Gasteiger partial charge in [0.05, 0.1) is 12.1 Å². The van der Waals surface area contributed by atoms with E-state index in [9.17, 15) is 9.59 Å². The van der Waals surface area contributed by atoms with Gasteiger partial charge in [-0.1, -0.05) is 0 Å². The van der Waals surface area contributed by atoms with E-state index in [0.717, 1.165) is 5.52 Å². The number of carboxylic acid groups (broad SMARTS) is 1. The number of nitrogens with zero attached hydrogens (tertiary/aromatic N) is 3. The Morgan fingerprint density at radius 2 is 2.08 bits per heavy atom. The molecule has 7 nitrogen and oxygen atoms in total. The van der Waals surface area contributed by atoms with Crippen molar-refractivity contribution < 1.29 is 14.6 Å². The molecule has 0 aliphatic rings. The van der Waals surface area contributed by atoms with Gasteiger partial charge in [-0.2, -0.15) is 4.98 Å². The molecule has 0 unspecified atom stereocenters. The number of pyridine rings is 1. The molecular weight excluding hydrogens is 310 g/mol. The van der Waals surface area contributed by atoms with Gasteiger partial charge in [-0.25, -0.2) is 0 Å². The van der Waals surface area contributed by atoms with Crippen LogP contribution in [0.4, 0.5) is 0 Å². The number of rotatable bonds is 7. The standard InChI is InChI=1S/C17H19N3O4/c1-2-19-12-8-9-14(24-11-4-3-7-15(21)22)18-16(12)20-10-5-6-13(20)17(19)23/h5-6,8-10H,2-4,7,11H2,1H3,(H,21,22). The van der Waals surface area contributed by atoms with Crippen LogP contribution in [0.15, 0.2) is 35.3 Å². The second kappa shape index (κ2) is 6.74. The lowest BCUT2D eigenvalue weighted by atomic mass is 10.2. The van der Waals surface area contributed by atoms with Crippen molar-refractivity contribution in [3.8, 4) is 5.88 Å². The lowest BCUT2D eigenvalue weighted by Gasteiger charge is -2.11. The van der Waals surface area contributed by atoms with Crippen LogP contribution in [0.3, 0.4) is 0 Å². The van der Waals surface area contributed by atoms with Crippen LogP contribution in [-0.2, 0) is 11.3 Å². The summed E-state index contributed by atoms with van der Waals surface area (Å²) in [6, 6.07) is 7.16. The molecule has 3 heterocycles. The van der Waals surface area contributed by atoms with Gasteiger partial charge >= 0.3 is 5.97 Å². The average molecular weight is 329 g/mol. The SMILES string of the molecule is CCn1c(=O)c2cccn2c2nc(OCCCCC(=O)O)ccc21. The molecule has 0 atom stereocenters. The smallest absolute Gasteiger partial charge is 0.303 e. The van der Waals surface area contributed by atoms with Crippen LogP contribution >= 0.6 is 0 Å². The maximum absolute atomic E-state index is 12.5. The van der Waals surface area contributed by atoms with Crippen LogP contribution in [0.1, 0.15) is 26.2 Å². The van der Waals surface area contributed by atoms with Crippen molar-refractivity contribution >= 4 is 22.6 Å². The largest absolute Gasteiger partial charge is 0.481 e. The molecule has 0 bridgehead atoms. The van der Waals surface area contributed by atoms with Crippen molar-refractivity contribution in [2.45, 2.75) is 32.7 Å². The molecule has 24 heavy (non-hydrogen) atoms. The molecule has 126 valence electrons. The highest BCUT2D eigenvalue weighted by Gasteiger charge is 2.11. The minimum Gasteiger partial charge on any atom is -0.481 e. The molecule has 0 saturated carbocycles. The fourth-order valence-corrected chi connectivity index (χ4v) is 2.75. The zero-order valence-electron chi connectivity index (χ0n) is 13.4. The Hall–Kier alpha value is -2.83. The van der Waals surface area contributed by atoms with Crippen LogP contribution in [0.2, 0.25) is 0 Å². The van der Waals surface area contributed by atoms with E-state index in [2.05, 4.69) is 4.98 Å². The summed E-state index contributed by atoms with van der Waals surface area (Å²) in [4.78, 5) is 27.5. The van der Waals surface area contributed by atoms with E-state index in [1.54, 1.807) is 21.1 Å². The molecule has 0 aliphatic heterocycles. The topological polar surface area (TPSA) is 85.8 Å². The Labute approximate surface area is 138 Å². The predicted octanol–water partition coefficient (Wildman–Crippen LogP) is 2.30. The summed E-state index contributed by atoms with van der Waals surface area (Å²) >= 11 is 0. The molecule has 0 aliphatic carbocycles. The van der Waals surface area contributed by atoms with Crippen LogP contribution in [0, 0.1) is 0 Å². The number of aromatic nitrogens is 3. The van der Waals surface area contributed by atoms with Gasteiger partial charge in [-0.05, 0) is 38.0 Å². The highest BCUT2D eigenvalue weighted by molar-refractivity contribution is 5.75. The number of hydrogen-bond acceptors (Lipinski definition) is 4. The Morgan fingerprint density at radius 1 is 1.25 bits per heavy atom. The molecule has 0 aromatic carbocycles. The number of ether oxygens (including phenoxy) is 1. The summed E-state index contributed by atoms with van der Waals surface area (Å²) < 4.78 is 9.07. The van der Waals surface area contributed by atoms with Crippen molar-refractivity contribution in [2.24, 2.45) is 0 Å². The van der Waals surface area contributed by atoms with E-state index < -0.39 is 5.97 Å². The van der Waals surface area contributed by atoms with E-state index >= 15 is 0 Å². The van der Waals surface area contributed by atoms with Crippen LogP contribution in [0.5, 0.6) is 5.88 Å². The highest BCUT2D eigenvalue weighted by Crippen LogP contribution is 2.18. The average Bonchev–Trinajstić information content (AvgIpc) is 3.05. The normalized spacial score (nSPS) is 11.2. The molecule has 0 spiro atoms. The van der Waals surface area contributed by atoms with Crippen molar-refractivity contribution in [3.63, 3.8) is 0 Å². The van der Waals surface area contributed by atoms with Crippen molar-refractivity contribution in [1.29, 1.82) is 0 Å². The zero-order valence-corrected chi connectivity index (χ0v) is 13.4. The van der Waals surface area contributed by atoms with E-state index in [1.165, 1.54) is 0 Å². The summed E-state index contributed by atoms with van der Waals surface area (Å²) in [6.45, 7) is 2.90. The third kappa shape index (κ3) is 2.97. The molecule has 7 heteroatoms. The summed E-state index contributed by atoms with van der Waals surface area (Å²) in [7, 11) is 0. The monoisotopic (exact) mass is 329 g/mol.